The number of nitrogens with two attached hydrogens (primary N) is 1. The Labute approximate surface area is 165 Å². The van der Waals surface area contributed by atoms with Gasteiger partial charge in [0.15, 0.2) is 5.76 Å². The largest absolute Gasteiger partial charge is 0.386 e. The van der Waals surface area contributed by atoms with Crippen LogP contribution in [0.15, 0.2) is 76.5 Å². The van der Waals surface area contributed by atoms with Crippen molar-refractivity contribution in [1.82, 2.24) is 10.1 Å². The molecule has 2 aromatic heterocycles. The molecule has 0 saturated carbocycles. The van der Waals surface area contributed by atoms with Crippen LogP contribution in [0.5, 0.6) is 0 Å². The number of aryl methyl sites for hydroxylation is 2. The molecule has 0 saturated heterocycles. The number of hydrogen-bond acceptors (Lipinski definition) is 5. The zero-order chi connectivity index (χ0) is 19.4. The molecule has 5 heteroatoms. The maximum atomic E-state index is 6.10. The first-order chi connectivity index (χ1) is 13.6. The first kappa shape index (κ1) is 18.2. The van der Waals surface area contributed by atoms with E-state index in [2.05, 4.69) is 45.5 Å². The molecule has 5 nitrogen and oxygen atoms in total. The van der Waals surface area contributed by atoms with Gasteiger partial charge in [0.2, 0.25) is 0 Å². The minimum Gasteiger partial charge on any atom is -0.386 e. The Morgan fingerprint density at radius 2 is 1.86 bits per heavy atom. The molecular weight excluding hydrogens is 348 g/mol. The van der Waals surface area contributed by atoms with Crippen molar-refractivity contribution in [3.05, 3.63) is 95.3 Å². The van der Waals surface area contributed by atoms with Crippen LogP contribution in [-0.4, -0.2) is 16.0 Å². The van der Waals surface area contributed by atoms with Crippen LogP contribution in [0.1, 0.15) is 41.6 Å². The van der Waals surface area contributed by atoms with E-state index in [1.165, 1.54) is 11.1 Å². The number of nitrogens with zero attached hydrogens (tertiary/aromatic N) is 3. The van der Waals surface area contributed by atoms with Crippen LogP contribution in [0.3, 0.4) is 0 Å². The lowest BCUT2D eigenvalue weighted by molar-refractivity contribution is 0.339. The van der Waals surface area contributed by atoms with Gasteiger partial charge in [-0.2, -0.15) is 0 Å². The number of benzene rings is 1. The molecule has 3 aromatic rings. The average molecular weight is 372 g/mol. The lowest BCUT2D eigenvalue weighted by atomic mass is 9.81. The van der Waals surface area contributed by atoms with E-state index in [9.17, 15) is 0 Å². The minimum atomic E-state index is -0.421. The van der Waals surface area contributed by atoms with Crippen LogP contribution >= 0.6 is 0 Å². The third kappa shape index (κ3) is 3.88. The summed E-state index contributed by atoms with van der Waals surface area (Å²) in [5.74, 6) is 1.33. The van der Waals surface area contributed by atoms with E-state index in [1.54, 1.807) is 6.20 Å². The SMILES string of the molecule is CC1(c2cc(Cc3ccc(CCc4ccccn4)cc3)no2)CC=CN=C1N. The third-order valence-electron chi connectivity index (χ3n) is 5.32. The highest BCUT2D eigenvalue weighted by Crippen LogP contribution is 2.31. The van der Waals surface area contributed by atoms with Crippen LogP contribution in [0.4, 0.5) is 0 Å². The number of hydrogen-bond donors (Lipinski definition) is 1. The third-order valence-corrected chi connectivity index (χ3v) is 5.32. The topological polar surface area (TPSA) is 77.3 Å². The Hall–Kier alpha value is -3.21. The summed E-state index contributed by atoms with van der Waals surface area (Å²) in [6.07, 6.45) is 9.01. The Morgan fingerprint density at radius 1 is 1.04 bits per heavy atom. The molecule has 1 aromatic carbocycles. The zero-order valence-corrected chi connectivity index (χ0v) is 16.0. The molecule has 0 spiro atoms. The maximum Gasteiger partial charge on any atom is 0.150 e. The van der Waals surface area contributed by atoms with Gasteiger partial charge in [0.1, 0.15) is 5.84 Å². The van der Waals surface area contributed by atoms with Gasteiger partial charge in [0.25, 0.3) is 0 Å². The highest BCUT2D eigenvalue weighted by Gasteiger charge is 2.35. The van der Waals surface area contributed by atoms with Crippen LogP contribution in [0, 0.1) is 0 Å². The predicted octanol–water partition coefficient (Wildman–Crippen LogP) is 3.98. The van der Waals surface area contributed by atoms with Gasteiger partial charge in [-0.1, -0.05) is 41.6 Å². The van der Waals surface area contributed by atoms with E-state index < -0.39 is 5.41 Å². The van der Waals surface area contributed by atoms with Gasteiger partial charge >= 0.3 is 0 Å². The zero-order valence-electron chi connectivity index (χ0n) is 16.0. The van der Waals surface area contributed by atoms with Gasteiger partial charge < -0.3 is 10.3 Å². The summed E-state index contributed by atoms with van der Waals surface area (Å²) in [6.45, 7) is 2.04. The number of allylic oxidation sites excluding steroid dienone is 1. The molecule has 0 fully saturated rings. The van der Waals surface area contributed by atoms with Crippen molar-refractivity contribution in [2.24, 2.45) is 10.7 Å². The van der Waals surface area contributed by atoms with Gasteiger partial charge in [-0.15, -0.1) is 0 Å². The van der Waals surface area contributed by atoms with Crippen molar-refractivity contribution >= 4 is 5.84 Å². The molecule has 142 valence electrons. The predicted molar refractivity (Wildman–Crippen MR) is 110 cm³/mol. The molecular formula is C23H24N4O. The molecule has 2 N–H and O–H groups in total. The van der Waals surface area contributed by atoms with Crippen molar-refractivity contribution < 1.29 is 4.52 Å². The fraction of sp³-hybridized carbons (Fsp3) is 0.261. The van der Waals surface area contributed by atoms with E-state index in [0.29, 0.717) is 5.84 Å². The molecule has 0 amide bonds. The number of aromatic nitrogens is 2. The minimum absolute atomic E-state index is 0.421. The lowest BCUT2D eigenvalue weighted by Crippen LogP contribution is -2.39. The summed E-state index contributed by atoms with van der Waals surface area (Å²) in [5, 5.41) is 4.25. The summed E-state index contributed by atoms with van der Waals surface area (Å²) >= 11 is 0. The molecule has 1 atom stereocenters. The summed E-state index contributed by atoms with van der Waals surface area (Å²) in [5.41, 5.74) is 10.2. The molecule has 0 bridgehead atoms. The smallest absolute Gasteiger partial charge is 0.150 e. The molecule has 1 aliphatic rings. The van der Waals surface area contributed by atoms with Crippen molar-refractivity contribution in [2.75, 3.05) is 0 Å². The number of rotatable bonds is 6. The van der Waals surface area contributed by atoms with Gasteiger partial charge in [0.05, 0.1) is 11.1 Å². The Morgan fingerprint density at radius 3 is 2.61 bits per heavy atom. The van der Waals surface area contributed by atoms with Crippen molar-refractivity contribution in [2.45, 2.75) is 38.0 Å². The van der Waals surface area contributed by atoms with E-state index in [4.69, 9.17) is 10.3 Å². The number of amidine groups is 1. The highest BCUT2D eigenvalue weighted by atomic mass is 16.5. The second kappa shape index (κ2) is 7.80. The average Bonchev–Trinajstić information content (AvgIpc) is 3.20. The quantitative estimate of drug-likeness (QED) is 0.710. The maximum absolute atomic E-state index is 6.10. The first-order valence-electron chi connectivity index (χ1n) is 9.56. The lowest BCUT2D eigenvalue weighted by Gasteiger charge is -2.26. The summed E-state index contributed by atoms with van der Waals surface area (Å²) in [7, 11) is 0. The van der Waals surface area contributed by atoms with Gasteiger partial charge in [-0.3, -0.25) is 4.98 Å². The summed E-state index contributed by atoms with van der Waals surface area (Å²) in [6, 6.07) is 16.7. The Bertz CT molecular complexity index is 989. The van der Waals surface area contributed by atoms with E-state index in [0.717, 1.165) is 42.8 Å². The second-order valence-electron chi connectivity index (χ2n) is 7.43. The molecule has 3 heterocycles. The van der Waals surface area contributed by atoms with Gasteiger partial charge in [-0.25, -0.2) is 4.99 Å². The second-order valence-corrected chi connectivity index (χ2v) is 7.43. The molecule has 4 rings (SSSR count). The molecule has 0 aliphatic carbocycles. The van der Waals surface area contributed by atoms with Gasteiger partial charge in [-0.05, 0) is 49.4 Å². The molecule has 28 heavy (non-hydrogen) atoms. The Balaban J connectivity index is 1.39. The van der Waals surface area contributed by atoms with Gasteiger partial charge in [0, 0.05) is 30.6 Å². The highest BCUT2D eigenvalue weighted by molar-refractivity contribution is 5.92. The number of aliphatic imine (C=N–C) groups is 1. The van der Waals surface area contributed by atoms with E-state index in [-0.39, 0.29) is 0 Å². The normalized spacial score (nSPS) is 18.8. The fourth-order valence-corrected chi connectivity index (χ4v) is 3.40. The summed E-state index contributed by atoms with van der Waals surface area (Å²) in [4.78, 5) is 8.60. The van der Waals surface area contributed by atoms with E-state index in [1.807, 2.05) is 37.4 Å². The molecule has 1 aliphatic heterocycles. The monoisotopic (exact) mass is 372 g/mol. The van der Waals surface area contributed by atoms with Crippen molar-refractivity contribution in [1.29, 1.82) is 0 Å². The number of pyridine rings is 1. The van der Waals surface area contributed by atoms with E-state index >= 15 is 0 Å². The van der Waals surface area contributed by atoms with Crippen molar-refractivity contribution in [3.63, 3.8) is 0 Å². The van der Waals surface area contributed by atoms with Crippen molar-refractivity contribution in [3.8, 4) is 0 Å². The molecule has 0 radical (unpaired) electrons. The van der Waals surface area contributed by atoms with Crippen LogP contribution < -0.4 is 5.73 Å². The Kier molecular flexibility index (Phi) is 5.06. The first-order valence-corrected chi connectivity index (χ1v) is 9.56. The van der Waals surface area contributed by atoms with Crippen LogP contribution in [-0.2, 0) is 24.7 Å². The molecule has 1 unspecified atom stereocenters. The van der Waals surface area contributed by atoms with Crippen LogP contribution in [0.2, 0.25) is 0 Å². The standard InChI is InChI=1S/C23H24N4O/c1-23(12-4-14-26-22(23)24)21-16-20(27-28-21)15-18-8-6-17(7-9-18)10-11-19-5-2-3-13-25-19/h2-9,13-14,16H,10-12,15H2,1H3,(H2,24,26). The fourth-order valence-electron chi connectivity index (χ4n) is 3.40. The van der Waals surface area contributed by atoms with Crippen LogP contribution in [0.25, 0.3) is 0 Å². The summed E-state index contributed by atoms with van der Waals surface area (Å²) < 4.78 is 5.61.